The molecule has 2 radical (unpaired) electrons. The van der Waals surface area contributed by atoms with Crippen LogP contribution in [0.4, 0.5) is 0 Å². The van der Waals surface area contributed by atoms with E-state index in [-0.39, 0.29) is 0 Å². The third kappa shape index (κ3) is 2.36. The van der Waals surface area contributed by atoms with Gasteiger partial charge in [-0.15, -0.1) is 0 Å². The van der Waals surface area contributed by atoms with Crippen LogP contribution in [-0.2, 0) is 0 Å². The summed E-state index contributed by atoms with van der Waals surface area (Å²) >= 11 is 0. The van der Waals surface area contributed by atoms with Crippen LogP contribution >= 0.6 is 0 Å². The van der Waals surface area contributed by atoms with Gasteiger partial charge in [0.2, 0.25) is 0 Å². The van der Waals surface area contributed by atoms with Gasteiger partial charge in [-0.2, -0.15) is 0 Å². The van der Waals surface area contributed by atoms with E-state index in [4.69, 9.17) is 7.98 Å². The molecule has 0 rings (SSSR count). The fourth-order valence-corrected chi connectivity index (χ4v) is 0.596. The minimum absolute atomic E-state index is 0.454. The summed E-state index contributed by atoms with van der Waals surface area (Å²) in [6, 6.07) is 0.907. The van der Waals surface area contributed by atoms with Crippen LogP contribution in [0.15, 0.2) is 0 Å². The molecule has 0 spiro atoms. The fourth-order valence-electron chi connectivity index (χ4n) is 0.596. The fraction of sp³-hybridized carbons (Fsp3) is 1.00. The molecule has 0 atom stereocenters. The summed E-state index contributed by atoms with van der Waals surface area (Å²) in [5, 5.41) is 0. The third-order valence-electron chi connectivity index (χ3n) is 1.19. The zero-order valence-electron chi connectivity index (χ0n) is 6.18. The van der Waals surface area contributed by atoms with E-state index in [2.05, 4.69) is 27.7 Å². The zero-order valence-corrected chi connectivity index (χ0v) is 6.18. The Labute approximate surface area is 53.5 Å². The highest BCUT2D eigenvalue weighted by Crippen LogP contribution is 1.97. The van der Waals surface area contributed by atoms with E-state index in [0.29, 0.717) is 12.1 Å². The lowest BCUT2D eigenvalue weighted by Gasteiger charge is -2.25. The van der Waals surface area contributed by atoms with E-state index in [0.717, 1.165) is 0 Å². The van der Waals surface area contributed by atoms with Crippen LogP contribution in [0, 0.1) is 0 Å². The van der Waals surface area contributed by atoms with Crippen molar-refractivity contribution in [1.82, 2.24) is 4.81 Å². The van der Waals surface area contributed by atoms with Crippen molar-refractivity contribution in [3.8, 4) is 0 Å². The Kier molecular flexibility index (Phi) is 3.14. The van der Waals surface area contributed by atoms with E-state index in [1.807, 2.05) is 4.81 Å². The highest BCUT2D eigenvalue weighted by Gasteiger charge is 2.04. The van der Waals surface area contributed by atoms with Crippen LogP contribution in [0.3, 0.4) is 0 Å². The average molecular weight is 111 g/mol. The monoisotopic (exact) mass is 111 g/mol. The van der Waals surface area contributed by atoms with Gasteiger partial charge in [-0.3, -0.25) is 0 Å². The van der Waals surface area contributed by atoms with E-state index in [1.165, 1.54) is 0 Å². The predicted octanol–water partition coefficient (Wildman–Crippen LogP) is 1.19. The molecule has 0 unspecified atom stereocenters. The first kappa shape index (κ1) is 8.02. The summed E-state index contributed by atoms with van der Waals surface area (Å²) in [4.78, 5) is 1.83. The molecule has 0 bridgehead atoms. The molecule has 0 aromatic heterocycles. The number of hydrogen-bond acceptors (Lipinski definition) is 1. The lowest BCUT2D eigenvalue weighted by molar-refractivity contribution is 0.320. The van der Waals surface area contributed by atoms with Crippen LogP contribution in [0.1, 0.15) is 27.7 Å². The number of rotatable bonds is 2. The quantitative estimate of drug-likeness (QED) is 0.483. The van der Waals surface area contributed by atoms with Crippen LogP contribution in [-0.4, -0.2) is 24.9 Å². The molecule has 0 aromatic carbocycles. The maximum Gasteiger partial charge on any atom is 0.183 e. The molecule has 0 aliphatic rings. The Bertz CT molecular complexity index is 53.5. The Morgan fingerprint density at radius 1 is 1.00 bits per heavy atom. The lowest BCUT2D eigenvalue weighted by atomic mass is 10.1. The van der Waals surface area contributed by atoms with E-state index >= 15 is 0 Å². The molecule has 0 amide bonds. The molecule has 0 N–H and O–H groups in total. The van der Waals surface area contributed by atoms with Gasteiger partial charge >= 0.3 is 0 Å². The lowest BCUT2D eigenvalue weighted by Crippen LogP contribution is -2.34. The Balaban J connectivity index is 3.46. The normalized spacial score (nSPS) is 11.9. The van der Waals surface area contributed by atoms with Crippen molar-refractivity contribution < 1.29 is 0 Å². The highest BCUT2D eigenvalue weighted by molar-refractivity contribution is 6.04. The zero-order chi connectivity index (χ0) is 6.73. The van der Waals surface area contributed by atoms with Gasteiger partial charge in [0.05, 0.1) is 0 Å². The topological polar surface area (TPSA) is 3.24 Å². The highest BCUT2D eigenvalue weighted by atomic mass is 15.1. The van der Waals surface area contributed by atoms with E-state index in [1.54, 1.807) is 0 Å². The minimum atomic E-state index is 0.454. The molecule has 0 aliphatic heterocycles. The molecule has 0 heterocycles. The molecule has 0 aliphatic carbocycles. The third-order valence-corrected chi connectivity index (χ3v) is 1.19. The van der Waals surface area contributed by atoms with Crippen molar-refractivity contribution >= 4 is 7.98 Å². The average Bonchev–Trinajstić information content (AvgIpc) is 1.64. The molecule has 0 saturated heterocycles. The molecule has 0 saturated carbocycles. The number of hydrogen-bond donors (Lipinski definition) is 0. The Morgan fingerprint density at radius 3 is 1.25 bits per heavy atom. The maximum atomic E-state index is 5.59. The molecule has 46 valence electrons. The first-order chi connectivity index (χ1) is 3.55. The Hall–Kier alpha value is 0.0249. The van der Waals surface area contributed by atoms with E-state index in [9.17, 15) is 0 Å². The van der Waals surface area contributed by atoms with Crippen molar-refractivity contribution in [2.24, 2.45) is 0 Å². The summed E-state index contributed by atoms with van der Waals surface area (Å²) in [7, 11) is 5.59. The van der Waals surface area contributed by atoms with Crippen molar-refractivity contribution in [3.05, 3.63) is 0 Å². The second-order valence-corrected chi connectivity index (χ2v) is 2.63. The van der Waals surface area contributed by atoms with Crippen LogP contribution in [0.25, 0.3) is 0 Å². The van der Waals surface area contributed by atoms with Crippen LogP contribution in [0.2, 0.25) is 0 Å². The summed E-state index contributed by atoms with van der Waals surface area (Å²) < 4.78 is 0. The molecular weight excluding hydrogens is 96.9 g/mol. The summed E-state index contributed by atoms with van der Waals surface area (Å²) in [5.41, 5.74) is 0. The largest absolute Gasteiger partial charge is 0.349 e. The summed E-state index contributed by atoms with van der Waals surface area (Å²) in [5.74, 6) is 0. The molecule has 0 fully saturated rings. The van der Waals surface area contributed by atoms with Crippen LogP contribution in [0.5, 0.6) is 0 Å². The molecule has 2 heteroatoms. The predicted molar refractivity (Wildman–Crippen MR) is 37.9 cm³/mol. The van der Waals surface area contributed by atoms with Crippen molar-refractivity contribution in [2.45, 2.75) is 39.8 Å². The van der Waals surface area contributed by atoms with Crippen LogP contribution < -0.4 is 0 Å². The molecule has 0 aromatic rings. The van der Waals surface area contributed by atoms with Gasteiger partial charge in [0, 0.05) is 0 Å². The first-order valence-electron chi connectivity index (χ1n) is 3.08. The second kappa shape index (κ2) is 3.13. The second-order valence-electron chi connectivity index (χ2n) is 2.63. The number of nitrogens with zero attached hydrogens (tertiary/aromatic N) is 1. The van der Waals surface area contributed by atoms with Crippen molar-refractivity contribution in [1.29, 1.82) is 0 Å². The summed E-state index contributed by atoms with van der Waals surface area (Å²) in [6.07, 6.45) is 0. The van der Waals surface area contributed by atoms with Gasteiger partial charge in [-0.05, 0) is 12.1 Å². The molecule has 8 heavy (non-hydrogen) atoms. The summed E-state index contributed by atoms with van der Waals surface area (Å²) in [6.45, 7) is 8.33. The van der Waals surface area contributed by atoms with Gasteiger partial charge in [-0.1, -0.05) is 27.7 Å². The standard InChI is InChI=1S/C6H14BN/c1-5(2)8(7)6(3)4/h5-6H,1-4H3. The van der Waals surface area contributed by atoms with Gasteiger partial charge in [0.1, 0.15) is 0 Å². The maximum absolute atomic E-state index is 5.59. The molecule has 1 nitrogen and oxygen atoms in total. The minimum Gasteiger partial charge on any atom is -0.349 e. The van der Waals surface area contributed by atoms with Crippen molar-refractivity contribution in [2.75, 3.05) is 0 Å². The SMILES string of the molecule is [B]N(C(C)C)C(C)C. The van der Waals surface area contributed by atoms with E-state index < -0.39 is 0 Å². The Morgan fingerprint density at radius 2 is 1.25 bits per heavy atom. The van der Waals surface area contributed by atoms with Gasteiger partial charge < -0.3 is 4.81 Å². The van der Waals surface area contributed by atoms with Crippen molar-refractivity contribution in [3.63, 3.8) is 0 Å². The van der Waals surface area contributed by atoms with Gasteiger partial charge in [-0.25, -0.2) is 0 Å². The first-order valence-corrected chi connectivity index (χ1v) is 3.08. The van der Waals surface area contributed by atoms with Gasteiger partial charge in [0.25, 0.3) is 0 Å². The smallest absolute Gasteiger partial charge is 0.183 e. The van der Waals surface area contributed by atoms with Gasteiger partial charge in [0.15, 0.2) is 7.98 Å². The molecular formula is C6H14BN.